The summed E-state index contributed by atoms with van der Waals surface area (Å²) in [5.41, 5.74) is 2.25. The summed E-state index contributed by atoms with van der Waals surface area (Å²) >= 11 is 1.67. The van der Waals surface area contributed by atoms with Crippen molar-refractivity contribution >= 4 is 39.0 Å². The lowest BCUT2D eigenvalue weighted by atomic mass is 10.2. The molecule has 0 aliphatic rings. The predicted molar refractivity (Wildman–Crippen MR) is 93.0 cm³/mol. The van der Waals surface area contributed by atoms with Gasteiger partial charge in [-0.15, -0.1) is 11.3 Å². The third-order valence-electron chi connectivity index (χ3n) is 3.79. The molecule has 2 aromatic heterocycles. The number of nitrogens with one attached hydrogen (secondary N) is 1. The van der Waals surface area contributed by atoms with Gasteiger partial charge in [-0.05, 0) is 43.7 Å². The second kappa shape index (κ2) is 5.96. The summed E-state index contributed by atoms with van der Waals surface area (Å²) < 4.78 is 0. The van der Waals surface area contributed by atoms with Crippen LogP contribution >= 0.6 is 11.3 Å². The van der Waals surface area contributed by atoms with Crippen LogP contribution in [0.4, 0.5) is 11.5 Å². The monoisotopic (exact) mass is 327 g/mol. The number of carboxylic acids is 1. The number of hydrogen-bond acceptors (Lipinski definition) is 5. The van der Waals surface area contributed by atoms with Crippen LogP contribution in [0.2, 0.25) is 0 Å². The van der Waals surface area contributed by atoms with Gasteiger partial charge in [-0.25, -0.2) is 14.8 Å². The Hall–Kier alpha value is -2.47. The van der Waals surface area contributed by atoms with Crippen molar-refractivity contribution in [3.63, 3.8) is 0 Å². The van der Waals surface area contributed by atoms with E-state index in [1.807, 2.05) is 6.92 Å². The molecule has 0 bridgehead atoms. The Kier molecular flexibility index (Phi) is 4.00. The van der Waals surface area contributed by atoms with E-state index in [1.54, 1.807) is 35.6 Å². The van der Waals surface area contributed by atoms with Crippen LogP contribution < -0.4 is 5.32 Å². The molecule has 0 fully saturated rings. The van der Waals surface area contributed by atoms with Gasteiger partial charge in [0.1, 0.15) is 16.5 Å². The predicted octanol–water partition coefficient (Wildman–Crippen LogP) is 4.31. The largest absolute Gasteiger partial charge is 0.478 e. The van der Waals surface area contributed by atoms with Crippen LogP contribution in [0.15, 0.2) is 24.3 Å². The summed E-state index contributed by atoms with van der Waals surface area (Å²) in [6.45, 7) is 6.18. The van der Waals surface area contributed by atoms with Gasteiger partial charge in [-0.1, -0.05) is 6.92 Å². The molecule has 0 unspecified atom stereocenters. The highest BCUT2D eigenvalue weighted by molar-refractivity contribution is 7.18. The second-order valence-electron chi connectivity index (χ2n) is 5.31. The summed E-state index contributed by atoms with van der Waals surface area (Å²) in [5, 5.41) is 13.3. The first-order valence-corrected chi connectivity index (χ1v) is 8.18. The summed E-state index contributed by atoms with van der Waals surface area (Å²) in [4.78, 5) is 22.4. The topological polar surface area (TPSA) is 75.1 Å². The van der Waals surface area contributed by atoms with Crippen molar-refractivity contribution in [1.82, 2.24) is 9.97 Å². The van der Waals surface area contributed by atoms with Gasteiger partial charge in [-0.3, -0.25) is 0 Å². The molecule has 0 radical (unpaired) electrons. The number of carboxylic acid groups (broad SMARTS) is 1. The number of carbonyl (C=O) groups is 1. The summed E-state index contributed by atoms with van der Waals surface area (Å²) in [6.07, 6.45) is 0.762. The molecule has 0 atom stereocenters. The van der Waals surface area contributed by atoms with Gasteiger partial charge in [0.05, 0.1) is 10.9 Å². The van der Waals surface area contributed by atoms with E-state index in [0.29, 0.717) is 0 Å². The Bertz CT molecular complexity index is 885. The fourth-order valence-electron chi connectivity index (χ4n) is 2.38. The van der Waals surface area contributed by atoms with Crippen molar-refractivity contribution in [3.8, 4) is 0 Å². The zero-order valence-corrected chi connectivity index (χ0v) is 14.0. The molecule has 3 rings (SSSR count). The fourth-order valence-corrected chi connectivity index (χ4v) is 3.42. The number of hydrogen-bond donors (Lipinski definition) is 2. The van der Waals surface area contributed by atoms with Gasteiger partial charge in [0.15, 0.2) is 0 Å². The molecule has 3 aromatic rings. The van der Waals surface area contributed by atoms with Gasteiger partial charge in [0.2, 0.25) is 0 Å². The van der Waals surface area contributed by atoms with Crippen LogP contribution in [-0.4, -0.2) is 21.0 Å². The van der Waals surface area contributed by atoms with E-state index in [1.165, 1.54) is 10.4 Å². The van der Waals surface area contributed by atoms with E-state index in [2.05, 4.69) is 29.1 Å². The quantitative estimate of drug-likeness (QED) is 0.746. The van der Waals surface area contributed by atoms with Gasteiger partial charge in [0, 0.05) is 17.0 Å². The van der Waals surface area contributed by atoms with Crippen LogP contribution in [-0.2, 0) is 6.42 Å². The molecule has 2 heterocycles. The fraction of sp³-hybridized carbons (Fsp3) is 0.235. The maximum atomic E-state index is 10.9. The molecule has 2 N–H and O–H groups in total. The van der Waals surface area contributed by atoms with E-state index in [9.17, 15) is 4.79 Å². The maximum Gasteiger partial charge on any atom is 0.335 e. The van der Waals surface area contributed by atoms with Crippen molar-refractivity contribution in [2.75, 3.05) is 5.32 Å². The molecule has 0 aliphatic carbocycles. The number of thiophene rings is 1. The smallest absolute Gasteiger partial charge is 0.335 e. The zero-order chi connectivity index (χ0) is 16.6. The lowest BCUT2D eigenvalue weighted by molar-refractivity contribution is 0.0697. The van der Waals surface area contributed by atoms with Gasteiger partial charge in [-0.2, -0.15) is 0 Å². The third-order valence-corrected chi connectivity index (χ3v) is 4.89. The maximum absolute atomic E-state index is 10.9. The Balaban J connectivity index is 2.06. The van der Waals surface area contributed by atoms with Crippen LogP contribution in [0.5, 0.6) is 0 Å². The second-order valence-corrected chi connectivity index (χ2v) is 6.52. The molecule has 0 saturated carbocycles. The average Bonchev–Trinajstić information content (AvgIpc) is 2.82. The molecule has 0 spiro atoms. The highest BCUT2D eigenvalue weighted by Gasteiger charge is 2.14. The standard InChI is InChI=1S/C17H17N3O2S/c1-4-13-19-15(14-9(2)10(3)23-16(14)20-13)18-12-7-5-11(6-8-12)17(21)22/h5-8H,4H2,1-3H3,(H,21,22)(H,18,19,20). The first-order valence-electron chi connectivity index (χ1n) is 7.36. The molecular weight excluding hydrogens is 310 g/mol. The van der Waals surface area contributed by atoms with Crippen molar-refractivity contribution in [1.29, 1.82) is 0 Å². The minimum absolute atomic E-state index is 0.264. The number of aromatic carboxylic acids is 1. The summed E-state index contributed by atoms with van der Waals surface area (Å²) in [5.74, 6) is 0.638. The summed E-state index contributed by atoms with van der Waals surface area (Å²) in [6, 6.07) is 6.65. The minimum atomic E-state index is -0.932. The molecule has 118 valence electrons. The molecule has 6 heteroatoms. The van der Waals surface area contributed by atoms with Crippen molar-refractivity contribution in [2.24, 2.45) is 0 Å². The first-order chi connectivity index (χ1) is 11.0. The molecular formula is C17H17N3O2S. The van der Waals surface area contributed by atoms with Crippen LogP contribution in [0, 0.1) is 13.8 Å². The number of benzene rings is 1. The zero-order valence-electron chi connectivity index (χ0n) is 13.2. The van der Waals surface area contributed by atoms with Gasteiger partial charge < -0.3 is 10.4 Å². The van der Waals surface area contributed by atoms with Gasteiger partial charge in [0.25, 0.3) is 0 Å². The van der Waals surface area contributed by atoms with Gasteiger partial charge >= 0.3 is 5.97 Å². The Labute approximate surface area is 138 Å². The SMILES string of the molecule is CCc1nc(Nc2ccc(C(=O)O)cc2)c2c(C)c(C)sc2n1. The number of nitrogens with zero attached hydrogens (tertiary/aromatic N) is 2. The molecule has 5 nitrogen and oxygen atoms in total. The lowest BCUT2D eigenvalue weighted by Crippen LogP contribution is -2.01. The van der Waals surface area contributed by atoms with Crippen molar-refractivity contribution in [3.05, 3.63) is 46.1 Å². The van der Waals surface area contributed by atoms with E-state index >= 15 is 0 Å². The normalized spacial score (nSPS) is 10.9. The molecule has 0 amide bonds. The van der Waals surface area contributed by atoms with E-state index in [0.717, 1.165) is 34.0 Å². The van der Waals surface area contributed by atoms with E-state index < -0.39 is 5.97 Å². The van der Waals surface area contributed by atoms with E-state index in [4.69, 9.17) is 5.11 Å². The Morgan fingerprint density at radius 1 is 1.22 bits per heavy atom. The van der Waals surface area contributed by atoms with Crippen molar-refractivity contribution in [2.45, 2.75) is 27.2 Å². The number of aryl methyl sites for hydroxylation is 3. The third kappa shape index (κ3) is 2.90. The lowest BCUT2D eigenvalue weighted by Gasteiger charge is -2.09. The van der Waals surface area contributed by atoms with Crippen LogP contribution in [0.1, 0.15) is 33.5 Å². The highest BCUT2D eigenvalue weighted by atomic mass is 32.1. The minimum Gasteiger partial charge on any atom is -0.478 e. The van der Waals surface area contributed by atoms with E-state index in [-0.39, 0.29) is 5.56 Å². The van der Waals surface area contributed by atoms with Crippen LogP contribution in [0.3, 0.4) is 0 Å². The number of aromatic nitrogens is 2. The molecule has 0 saturated heterocycles. The number of rotatable bonds is 4. The molecule has 1 aromatic carbocycles. The first kappa shape index (κ1) is 15.4. The van der Waals surface area contributed by atoms with Crippen molar-refractivity contribution < 1.29 is 9.90 Å². The average molecular weight is 327 g/mol. The summed E-state index contributed by atoms with van der Waals surface area (Å²) in [7, 11) is 0. The molecule has 23 heavy (non-hydrogen) atoms. The highest BCUT2D eigenvalue weighted by Crippen LogP contribution is 2.34. The van der Waals surface area contributed by atoms with Crippen LogP contribution in [0.25, 0.3) is 10.2 Å². The number of anilines is 2. The molecule has 0 aliphatic heterocycles. The Morgan fingerprint density at radius 2 is 1.91 bits per heavy atom. The Morgan fingerprint density at radius 3 is 2.52 bits per heavy atom. The number of fused-ring (bicyclic) bond motifs is 1.